The van der Waals surface area contributed by atoms with E-state index in [0.29, 0.717) is 17.4 Å². The van der Waals surface area contributed by atoms with Crippen LogP contribution in [-0.2, 0) is 0 Å². The Morgan fingerprint density at radius 1 is 1.10 bits per heavy atom. The number of hydrogen-bond acceptors (Lipinski definition) is 2. The van der Waals surface area contributed by atoms with Crippen LogP contribution in [0, 0.1) is 0 Å². The highest BCUT2D eigenvalue weighted by Crippen LogP contribution is 2.36. The molecule has 0 saturated carbocycles. The molecule has 21 heavy (non-hydrogen) atoms. The number of carbonyl (C=O) groups excluding carboxylic acids is 1. The zero-order chi connectivity index (χ0) is 15.6. The fraction of sp³-hybridized carbons (Fsp3) is 0.0714. The average molecular weight is 335 g/mol. The Bertz CT molecular complexity index is 684. The molecule has 0 atom stereocenters. The van der Waals surface area contributed by atoms with E-state index in [-0.39, 0.29) is 15.6 Å². The minimum atomic E-state index is -4.85. The zero-order valence-corrected chi connectivity index (χ0v) is 11.8. The number of rotatable bonds is 3. The third-order valence-corrected chi connectivity index (χ3v) is 3.38. The summed E-state index contributed by atoms with van der Waals surface area (Å²) in [6, 6.07) is 8.25. The van der Waals surface area contributed by atoms with E-state index in [1.54, 1.807) is 18.2 Å². The minimum absolute atomic E-state index is 0.0304. The van der Waals surface area contributed by atoms with Crippen LogP contribution in [-0.4, -0.2) is 12.6 Å². The van der Waals surface area contributed by atoms with Crippen LogP contribution in [0.3, 0.4) is 0 Å². The van der Waals surface area contributed by atoms with Crippen LogP contribution in [0.2, 0.25) is 10.0 Å². The first-order valence-corrected chi connectivity index (χ1v) is 6.36. The van der Waals surface area contributed by atoms with Gasteiger partial charge in [-0.25, -0.2) is 0 Å². The van der Waals surface area contributed by atoms with Gasteiger partial charge in [0.2, 0.25) is 0 Å². The number of hydrogen-bond donors (Lipinski definition) is 0. The summed E-state index contributed by atoms with van der Waals surface area (Å²) in [5.74, 6) is -0.502. The van der Waals surface area contributed by atoms with Gasteiger partial charge in [-0.15, -0.1) is 13.2 Å². The number of halogens is 5. The number of alkyl halides is 3. The Labute approximate surface area is 128 Å². The van der Waals surface area contributed by atoms with Gasteiger partial charge in [-0.3, -0.25) is 4.79 Å². The van der Waals surface area contributed by atoms with Gasteiger partial charge >= 0.3 is 6.36 Å². The maximum absolute atomic E-state index is 12.3. The molecule has 0 amide bonds. The number of benzene rings is 2. The fourth-order valence-corrected chi connectivity index (χ4v) is 2.17. The van der Waals surface area contributed by atoms with E-state index >= 15 is 0 Å². The lowest BCUT2D eigenvalue weighted by molar-refractivity contribution is -0.274. The SMILES string of the molecule is O=Cc1cc(OC(F)(F)F)cc(-c2cccc(Cl)c2Cl)c1. The summed E-state index contributed by atoms with van der Waals surface area (Å²) < 4.78 is 40.7. The van der Waals surface area contributed by atoms with E-state index in [2.05, 4.69) is 4.74 Å². The third-order valence-electron chi connectivity index (χ3n) is 2.56. The van der Waals surface area contributed by atoms with Crippen LogP contribution in [0.5, 0.6) is 5.75 Å². The second kappa shape index (κ2) is 5.95. The molecule has 2 rings (SSSR count). The van der Waals surface area contributed by atoms with Crippen molar-refractivity contribution >= 4 is 29.5 Å². The number of aldehydes is 1. The predicted octanol–water partition coefficient (Wildman–Crippen LogP) is 5.37. The molecule has 0 saturated heterocycles. The quantitative estimate of drug-likeness (QED) is 0.705. The molecule has 2 aromatic carbocycles. The molecule has 0 radical (unpaired) electrons. The Hall–Kier alpha value is -1.72. The molecule has 0 aliphatic rings. The van der Waals surface area contributed by atoms with Gasteiger partial charge in [0, 0.05) is 11.1 Å². The van der Waals surface area contributed by atoms with E-state index in [1.165, 1.54) is 6.07 Å². The lowest BCUT2D eigenvalue weighted by Crippen LogP contribution is -2.17. The van der Waals surface area contributed by atoms with Crippen LogP contribution in [0.4, 0.5) is 13.2 Å². The Morgan fingerprint density at radius 2 is 1.81 bits per heavy atom. The van der Waals surface area contributed by atoms with Gasteiger partial charge in [0.25, 0.3) is 0 Å². The summed E-state index contributed by atoms with van der Waals surface area (Å²) in [6.07, 6.45) is -4.43. The minimum Gasteiger partial charge on any atom is -0.406 e. The predicted molar refractivity (Wildman–Crippen MR) is 74.0 cm³/mol. The Balaban J connectivity index is 2.55. The van der Waals surface area contributed by atoms with Crippen molar-refractivity contribution in [1.29, 1.82) is 0 Å². The first-order valence-electron chi connectivity index (χ1n) is 5.60. The van der Waals surface area contributed by atoms with E-state index in [9.17, 15) is 18.0 Å². The molecule has 0 unspecified atom stereocenters. The van der Waals surface area contributed by atoms with Gasteiger partial charge in [-0.05, 0) is 29.8 Å². The van der Waals surface area contributed by atoms with Crippen LogP contribution in [0.25, 0.3) is 11.1 Å². The van der Waals surface area contributed by atoms with Crippen LogP contribution < -0.4 is 4.74 Å². The van der Waals surface area contributed by atoms with E-state index in [0.717, 1.165) is 12.1 Å². The largest absolute Gasteiger partial charge is 0.573 e. The molecule has 0 aromatic heterocycles. The van der Waals surface area contributed by atoms with Crippen molar-refractivity contribution in [2.45, 2.75) is 6.36 Å². The molecule has 0 fully saturated rings. The fourth-order valence-electron chi connectivity index (χ4n) is 1.76. The van der Waals surface area contributed by atoms with Gasteiger partial charge in [0.1, 0.15) is 12.0 Å². The summed E-state index contributed by atoms with van der Waals surface area (Å²) >= 11 is 11.9. The summed E-state index contributed by atoms with van der Waals surface area (Å²) in [7, 11) is 0. The highest BCUT2D eigenvalue weighted by atomic mass is 35.5. The van der Waals surface area contributed by atoms with Crippen molar-refractivity contribution in [3.8, 4) is 16.9 Å². The van der Waals surface area contributed by atoms with Crippen molar-refractivity contribution < 1.29 is 22.7 Å². The summed E-state index contributed by atoms with van der Waals surface area (Å²) in [4.78, 5) is 10.9. The van der Waals surface area contributed by atoms with Crippen molar-refractivity contribution in [3.63, 3.8) is 0 Å². The van der Waals surface area contributed by atoms with E-state index in [4.69, 9.17) is 23.2 Å². The molecule has 0 spiro atoms. The lowest BCUT2D eigenvalue weighted by atomic mass is 10.0. The van der Waals surface area contributed by atoms with Crippen molar-refractivity contribution in [2.75, 3.05) is 0 Å². The molecule has 0 bridgehead atoms. The van der Waals surface area contributed by atoms with Crippen molar-refractivity contribution in [1.82, 2.24) is 0 Å². The highest BCUT2D eigenvalue weighted by molar-refractivity contribution is 6.43. The first-order chi connectivity index (χ1) is 9.80. The van der Waals surface area contributed by atoms with Crippen LogP contribution >= 0.6 is 23.2 Å². The smallest absolute Gasteiger partial charge is 0.406 e. The molecule has 0 heterocycles. The highest BCUT2D eigenvalue weighted by Gasteiger charge is 2.31. The maximum atomic E-state index is 12.3. The van der Waals surface area contributed by atoms with E-state index < -0.39 is 12.1 Å². The second-order valence-electron chi connectivity index (χ2n) is 4.06. The van der Waals surface area contributed by atoms with Crippen LogP contribution in [0.1, 0.15) is 10.4 Å². The van der Waals surface area contributed by atoms with Crippen LogP contribution in [0.15, 0.2) is 36.4 Å². The van der Waals surface area contributed by atoms with Gasteiger partial charge in [-0.1, -0.05) is 35.3 Å². The van der Waals surface area contributed by atoms with Gasteiger partial charge in [0.05, 0.1) is 10.0 Å². The summed E-state index contributed by atoms with van der Waals surface area (Å²) in [5, 5.41) is 0.434. The molecule has 0 N–H and O–H groups in total. The maximum Gasteiger partial charge on any atom is 0.573 e. The lowest BCUT2D eigenvalue weighted by Gasteiger charge is -2.12. The van der Waals surface area contributed by atoms with Gasteiger partial charge < -0.3 is 4.74 Å². The molecule has 0 aliphatic carbocycles. The van der Waals surface area contributed by atoms with Gasteiger partial charge in [0.15, 0.2) is 0 Å². The Morgan fingerprint density at radius 3 is 2.43 bits per heavy atom. The molecule has 110 valence electrons. The summed E-state index contributed by atoms with van der Waals surface area (Å²) in [6.45, 7) is 0. The normalized spacial score (nSPS) is 11.3. The molecule has 2 nitrogen and oxygen atoms in total. The molecular formula is C14H7Cl2F3O2. The third kappa shape index (κ3) is 3.89. The van der Waals surface area contributed by atoms with Crippen molar-refractivity contribution in [3.05, 3.63) is 52.0 Å². The standard InChI is InChI=1S/C14H7Cl2F3O2/c15-12-3-1-2-11(13(12)16)9-4-8(7-20)5-10(6-9)21-14(17,18)19/h1-7H. The zero-order valence-electron chi connectivity index (χ0n) is 10.2. The average Bonchev–Trinajstić information content (AvgIpc) is 2.39. The monoisotopic (exact) mass is 334 g/mol. The second-order valence-corrected chi connectivity index (χ2v) is 4.84. The topological polar surface area (TPSA) is 26.3 Å². The Kier molecular flexibility index (Phi) is 4.44. The molecular weight excluding hydrogens is 328 g/mol. The number of carbonyl (C=O) groups is 1. The van der Waals surface area contributed by atoms with Gasteiger partial charge in [-0.2, -0.15) is 0 Å². The molecule has 2 aromatic rings. The number of ether oxygens (including phenoxy) is 1. The van der Waals surface area contributed by atoms with E-state index in [1.807, 2.05) is 0 Å². The molecule has 7 heteroatoms. The van der Waals surface area contributed by atoms with Crippen molar-refractivity contribution in [2.24, 2.45) is 0 Å². The first kappa shape index (κ1) is 15.7. The molecule has 0 aliphatic heterocycles. The summed E-state index contributed by atoms with van der Waals surface area (Å²) in [5.41, 5.74) is 0.731.